The third kappa shape index (κ3) is 3.01. The van der Waals surface area contributed by atoms with Crippen LogP contribution in [-0.2, 0) is 6.42 Å². The number of aliphatic hydroxyl groups excluding tert-OH is 1. The minimum atomic E-state index is -0.595. The van der Waals surface area contributed by atoms with Crippen LogP contribution in [0.25, 0.3) is 0 Å². The van der Waals surface area contributed by atoms with E-state index in [1.54, 1.807) is 27.4 Å². The van der Waals surface area contributed by atoms with Crippen LogP contribution < -0.4 is 19.9 Å². The van der Waals surface area contributed by atoms with Crippen LogP contribution in [0.1, 0.15) is 5.56 Å². The van der Waals surface area contributed by atoms with Gasteiger partial charge in [0.2, 0.25) is 5.75 Å². The number of benzene rings is 1. The predicted molar refractivity (Wildman–Crippen MR) is 64.9 cm³/mol. The van der Waals surface area contributed by atoms with E-state index < -0.39 is 6.10 Å². The zero-order valence-electron chi connectivity index (χ0n) is 10.4. The first kappa shape index (κ1) is 13.6. The Morgan fingerprint density at radius 1 is 1.12 bits per heavy atom. The normalized spacial score (nSPS) is 12.1. The van der Waals surface area contributed by atoms with E-state index in [9.17, 15) is 5.11 Å². The smallest absolute Gasteiger partial charge is 0.203 e. The molecule has 0 aliphatic heterocycles. The van der Waals surface area contributed by atoms with Crippen LogP contribution in [0.2, 0.25) is 0 Å². The standard InChI is InChI=1S/C12H19NO4/c1-15-10-5-4-8(6-9(14)7-13)11(16-2)12(10)17-3/h4-5,9,14H,6-7,13H2,1-3H3. The van der Waals surface area contributed by atoms with Crippen molar-refractivity contribution in [1.29, 1.82) is 0 Å². The lowest BCUT2D eigenvalue weighted by atomic mass is 10.1. The fourth-order valence-electron chi connectivity index (χ4n) is 1.66. The SMILES string of the molecule is COc1ccc(CC(O)CN)c(OC)c1OC. The van der Waals surface area contributed by atoms with E-state index >= 15 is 0 Å². The van der Waals surface area contributed by atoms with Crippen LogP contribution in [0.5, 0.6) is 17.2 Å². The number of ether oxygens (including phenoxy) is 3. The van der Waals surface area contributed by atoms with Gasteiger partial charge in [-0.15, -0.1) is 0 Å². The van der Waals surface area contributed by atoms with Crippen LogP contribution in [0.15, 0.2) is 12.1 Å². The van der Waals surface area contributed by atoms with Gasteiger partial charge in [-0.3, -0.25) is 0 Å². The number of aliphatic hydroxyl groups is 1. The maximum Gasteiger partial charge on any atom is 0.203 e. The molecule has 0 spiro atoms. The average Bonchev–Trinajstić information content (AvgIpc) is 2.37. The molecule has 1 unspecified atom stereocenters. The molecule has 1 rings (SSSR count). The molecule has 5 nitrogen and oxygen atoms in total. The van der Waals surface area contributed by atoms with E-state index in [1.165, 1.54) is 0 Å². The molecule has 3 N–H and O–H groups in total. The Labute approximate surface area is 101 Å². The van der Waals surface area contributed by atoms with Gasteiger partial charge in [0.05, 0.1) is 27.4 Å². The zero-order chi connectivity index (χ0) is 12.8. The van der Waals surface area contributed by atoms with Crippen LogP contribution in [-0.4, -0.2) is 39.1 Å². The van der Waals surface area contributed by atoms with Crippen LogP contribution in [0, 0.1) is 0 Å². The summed E-state index contributed by atoms with van der Waals surface area (Å²) in [4.78, 5) is 0. The van der Waals surface area contributed by atoms with E-state index in [-0.39, 0.29) is 6.54 Å². The molecule has 1 aromatic rings. The van der Waals surface area contributed by atoms with E-state index in [4.69, 9.17) is 19.9 Å². The van der Waals surface area contributed by atoms with Gasteiger partial charge in [0.15, 0.2) is 11.5 Å². The molecule has 1 atom stereocenters. The predicted octanol–water partition coefficient (Wildman–Crippen LogP) is 0.575. The van der Waals surface area contributed by atoms with Crippen molar-refractivity contribution in [2.24, 2.45) is 5.73 Å². The van der Waals surface area contributed by atoms with Gasteiger partial charge in [-0.25, -0.2) is 0 Å². The summed E-state index contributed by atoms with van der Waals surface area (Å²) in [5, 5.41) is 9.57. The summed E-state index contributed by atoms with van der Waals surface area (Å²) in [5.41, 5.74) is 6.23. The Bertz CT molecular complexity index is 368. The summed E-state index contributed by atoms with van der Waals surface area (Å²) in [7, 11) is 4.66. The summed E-state index contributed by atoms with van der Waals surface area (Å²) < 4.78 is 15.7. The molecule has 5 heteroatoms. The molecule has 17 heavy (non-hydrogen) atoms. The molecule has 0 aliphatic carbocycles. The van der Waals surface area contributed by atoms with Crippen molar-refractivity contribution >= 4 is 0 Å². The van der Waals surface area contributed by atoms with Crippen molar-refractivity contribution in [3.05, 3.63) is 17.7 Å². The van der Waals surface area contributed by atoms with Gasteiger partial charge in [0, 0.05) is 18.5 Å². The molecule has 0 saturated heterocycles. The average molecular weight is 241 g/mol. The van der Waals surface area contributed by atoms with E-state index in [0.29, 0.717) is 23.7 Å². The number of hydrogen-bond donors (Lipinski definition) is 2. The largest absolute Gasteiger partial charge is 0.493 e. The topological polar surface area (TPSA) is 73.9 Å². The monoisotopic (exact) mass is 241 g/mol. The number of methoxy groups -OCH3 is 3. The van der Waals surface area contributed by atoms with Gasteiger partial charge >= 0.3 is 0 Å². The fraction of sp³-hybridized carbons (Fsp3) is 0.500. The Balaban J connectivity index is 3.14. The Morgan fingerprint density at radius 3 is 2.24 bits per heavy atom. The summed E-state index contributed by atoms with van der Waals surface area (Å²) in [6.07, 6.45) is -0.179. The van der Waals surface area contributed by atoms with Gasteiger partial charge < -0.3 is 25.1 Å². The third-order valence-corrected chi connectivity index (χ3v) is 2.51. The lowest BCUT2D eigenvalue weighted by Crippen LogP contribution is -2.22. The lowest BCUT2D eigenvalue weighted by molar-refractivity contribution is 0.182. The quantitative estimate of drug-likeness (QED) is 0.762. The Kier molecular flexibility index (Phi) is 5.06. The van der Waals surface area contributed by atoms with E-state index in [1.807, 2.05) is 6.07 Å². The highest BCUT2D eigenvalue weighted by molar-refractivity contribution is 5.55. The molecule has 96 valence electrons. The van der Waals surface area contributed by atoms with Gasteiger partial charge in [-0.2, -0.15) is 0 Å². The fourth-order valence-corrected chi connectivity index (χ4v) is 1.66. The van der Waals surface area contributed by atoms with Crippen LogP contribution >= 0.6 is 0 Å². The molecule has 0 saturated carbocycles. The maximum absolute atomic E-state index is 9.57. The Hall–Kier alpha value is -1.46. The molecule has 0 aromatic heterocycles. The molecule has 0 heterocycles. The van der Waals surface area contributed by atoms with Gasteiger partial charge in [-0.05, 0) is 6.07 Å². The van der Waals surface area contributed by atoms with E-state index in [0.717, 1.165) is 5.56 Å². The molecular weight excluding hydrogens is 222 g/mol. The molecule has 0 amide bonds. The lowest BCUT2D eigenvalue weighted by Gasteiger charge is -2.17. The third-order valence-electron chi connectivity index (χ3n) is 2.51. The molecule has 0 bridgehead atoms. The van der Waals surface area contributed by atoms with E-state index in [2.05, 4.69) is 0 Å². The summed E-state index contributed by atoms with van der Waals surface area (Å²) in [5.74, 6) is 1.69. The van der Waals surface area contributed by atoms with Crippen molar-refractivity contribution < 1.29 is 19.3 Å². The second kappa shape index (κ2) is 6.32. The van der Waals surface area contributed by atoms with Gasteiger partial charge in [-0.1, -0.05) is 6.07 Å². The Morgan fingerprint density at radius 2 is 1.76 bits per heavy atom. The van der Waals surface area contributed by atoms with Gasteiger partial charge in [0.1, 0.15) is 0 Å². The minimum Gasteiger partial charge on any atom is -0.493 e. The molecule has 0 radical (unpaired) electrons. The molecule has 1 aromatic carbocycles. The first-order valence-electron chi connectivity index (χ1n) is 5.33. The minimum absolute atomic E-state index is 0.206. The summed E-state index contributed by atoms with van der Waals surface area (Å²) in [6, 6.07) is 3.61. The summed E-state index contributed by atoms with van der Waals surface area (Å²) >= 11 is 0. The number of hydrogen-bond acceptors (Lipinski definition) is 5. The zero-order valence-corrected chi connectivity index (χ0v) is 10.4. The highest BCUT2D eigenvalue weighted by Crippen LogP contribution is 2.40. The van der Waals surface area contributed by atoms with Crippen molar-refractivity contribution in [3.8, 4) is 17.2 Å². The summed E-state index contributed by atoms with van der Waals surface area (Å²) in [6.45, 7) is 0.206. The van der Waals surface area contributed by atoms with Crippen LogP contribution in [0.4, 0.5) is 0 Å². The second-order valence-corrected chi connectivity index (χ2v) is 3.59. The molecular formula is C12H19NO4. The highest BCUT2D eigenvalue weighted by atomic mass is 16.5. The highest BCUT2D eigenvalue weighted by Gasteiger charge is 2.17. The van der Waals surface area contributed by atoms with Crippen molar-refractivity contribution in [1.82, 2.24) is 0 Å². The molecule has 0 aliphatic rings. The second-order valence-electron chi connectivity index (χ2n) is 3.59. The first-order valence-corrected chi connectivity index (χ1v) is 5.33. The first-order chi connectivity index (χ1) is 8.17. The number of nitrogens with two attached hydrogens (primary N) is 1. The maximum atomic E-state index is 9.57. The van der Waals surface area contributed by atoms with Crippen molar-refractivity contribution in [2.45, 2.75) is 12.5 Å². The van der Waals surface area contributed by atoms with Gasteiger partial charge in [0.25, 0.3) is 0 Å². The van der Waals surface area contributed by atoms with Crippen molar-refractivity contribution in [3.63, 3.8) is 0 Å². The number of rotatable bonds is 6. The van der Waals surface area contributed by atoms with Crippen molar-refractivity contribution in [2.75, 3.05) is 27.9 Å². The molecule has 0 fully saturated rings. The van der Waals surface area contributed by atoms with Crippen LogP contribution in [0.3, 0.4) is 0 Å².